The van der Waals surface area contributed by atoms with Crippen LogP contribution < -0.4 is 5.32 Å². The lowest BCUT2D eigenvalue weighted by Crippen LogP contribution is -2.13. The molecule has 26 heavy (non-hydrogen) atoms. The van der Waals surface area contributed by atoms with Crippen LogP contribution in [0.1, 0.15) is 22.8 Å². The van der Waals surface area contributed by atoms with Gasteiger partial charge in [-0.15, -0.1) is 0 Å². The molecule has 1 aromatic heterocycles. The van der Waals surface area contributed by atoms with Gasteiger partial charge in [0.05, 0.1) is 27.9 Å². The van der Waals surface area contributed by atoms with E-state index >= 15 is 0 Å². The van der Waals surface area contributed by atoms with Gasteiger partial charge in [-0.05, 0) is 31.0 Å². The van der Waals surface area contributed by atoms with Gasteiger partial charge in [-0.25, -0.2) is 4.79 Å². The largest absolute Gasteiger partial charge is 0.462 e. The zero-order valence-electron chi connectivity index (χ0n) is 14.3. The Morgan fingerprint density at radius 3 is 2.65 bits per heavy atom. The number of pyridine rings is 1. The molecule has 1 N–H and O–H groups in total. The Balaban J connectivity index is 1.97. The molecule has 0 aliphatic rings. The van der Waals surface area contributed by atoms with Crippen molar-refractivity contribution in [2.45, 2.75) is 13.3 Å². The third-order valence-electron chi connectivity index (χ3n) is 3.98. The number of nitrogens with zero attached hydrogens (tertiary/aromatic N) is 1. The number of fused-ring (bicyclic) bond motifs is 1. The Morgan fingerprint density at radius 1 is 1.15 bits per heavy atom. The van der Waals surface area contributed by atoms with Crippen molar-refractivity contribution in [1.82, 2.24) is 4.98 Å². The summed E-state index contributed by atoms with van der Waals surface area (Å²) in [6, 6.07) is 13.6. The summed E-state index contributed by atoms with van der Waals surface area (Å²) in [6.07, 6.45) is 2.29. The molecule has 3 rings (SSSR count). The molecule has 1 heterocycles. The Labute approximate surface area is 162 Å². The average Bonchev–Trinajstić information content (AvgIpc) is 2.66. The van der Waals surface area contributed by atoms with E-state index in [0.29, 0.717) is 40.0 Å². The number of rotatable bonds is 6. The summed E-state index contributed by atoms with van der Waals surface area (Å²) in [5, 5.41) is 4.87. The van der Waals surface area contributed by atoms with Crippen molar-refractivity contribution >= 4 is 45.8 Å². The molecule has 0 spiro atoms. The predicted molar refractivity (Wildman–Crippen MR) is 106 cm³/mol. The summed E-state index contributed by atoms with van der Waals surface area (Å²) in [6.45, 7) is 2.71. The Bertz CT molecular complexity index is 930. The maximum Gasteiger partial charge on any atom is 0.341 e. The van der Waals surface area contributed by atoms with Crippen molar-refractivity contribution in [3.63, 3.8) is 0 Å². The third-order valence-corrected chi connectivity index (χ3v) is 4.78. The van der Waals surface area contributed by atoms with Crippen LogP contribution in [-0.2, 0) is 11.2 Å². The van der Waals surface area contributed by atoms with Gasteiger partial charge in [-0.3, -0.25) is 4.98 Å². The minimum absolute atomic E-state index is 0.293. The van der Waals surface area contributed by atoms with Gasteiger partial charge in [-0.2, -0.15) is 0 Å². The monoisotopic (exact) mass is 388 g/mol. The van der Waals surface area contributed by atoms with E-state index in [2.05, 4.69) is 22.4 Å². The van der Waals surface area contributed by atoms with Crippen LogP contribution in [0.5, 0.6) is 0 Å². The second kappa shape index (κ2) is 8.39. The quantitative estimate of drug-likeness (QED) is 0.576. The smallest absolute Gasteiger partial charge is 0.341 e. The number of ether oxygens (including phenoxy) is 1. The van der Waals surface area contributed by atoms with E-state index in [1.165, 1.54) is 11.8 Å². The Kier molecular flexibility index (Phi) is 5.96. The summed E-state index contributed by atoms with van der Waals surface area (Å²) in [7, 11) is 0. The number of benzene rings is 2. The standard InChI is InChI=1S/C20H18Cl2N2O2/c1-2-26-20(25)15-12-24-19-14(8-9-16(21)17(19)22)18(15)23-11-10-13-6-4-3-5-7-13/h3-9,12H,2,10-11H2,1H3,(H,23,24). The number of anilines is 1. The lowest BCUT2D eigenvalue weighted by atomic mass is 10.1. The summed E-state index contributed by atoms with van der Waals surface area (Å²) in [4.78, 5) is 16.6. The maximum absolute atomic E-state index is 12.3. The van der Waals surface area contributed by atoms with Gasteiger partial charge in [0.25, 0.3) is 0 Å². The molecule has 4 nitrogen and oxygen atoms in total. The molecular weight excluding hydrogens is 371 g/mol. The highest BCUT2D eigenvalue weighted by Gasteiger charge is 2.18. The van der Waals surface area contributed by atoms with Gasteiger partial charge >= 0.3 is 5.97 Å². The van der Waals surface area contributed by atoms with Gasteiger partial charge in [0, 0.05) is 18.1 Å². The predicted octanol–water partition coefficient (Wildman–Crippen LogP) is 5.37. The van der Waals surface area contributed by atoms with E-state index in [-0.39, 0.29) is 0 Å². The molecule has 0 amide bonds. The van der Waals surface area contributed by atoms with Gasteiger partial charge in [-0.1, -0.05) is 53.5 Å². The van der Waals surface area contributed by atoms with Crippen molar-refractivity contribution < 1.29 is 9.53 Å². The number of hydrogen-bond donors (Lipinski definition) is 1. The molecule has 0 fully saturated rings. The van der Waals surface area contributed by atoms with Crippen LogP contribution in [0.4, 0.5) is 5.69 Å². The molecule has 6 heteroatoms. The molecule has 134 valence electrons. The van der Waals surface area contributed by atoms with Gasteiger partial charge < -0.3 is 10.1 Å². The highest BCUT2D eigenvalue weighted by molar-refractivity contribution is 6.45. The van der Waals surface area contributed by atoms with Crippen molar-refractivity contribution in [3.8, 4) is 0 Å². The number of nitrogens with one attached hydrogen (secondary N) is 1. The second-order valence-corrected chi connectivity index (χ2v) is 6.47. The molecule has 0 saturated carbocycles. The minimum atomic E-state index is -0.421. The Morgan fingerprint density at radius 2 is 1.92 bits per heavy atom. The highest BCUT2D eigenvalue weighted by atomic mass is 35.5. The van der Waals surface area contributed by atoms with Crippen molar-refractivity contribution in [2.75, 3.05) is 18.5 Å². The van der Waals surface area contributed by atoms with Crippen molar-refractivity contribution in [1.29, 1.82) is 0 Å². The first-order chi connectivity index (χ1) is 12.6. The SMILES string of the molecule is CCOC(=O)c1cnc2c(Cl)c(Cl)ccc2c1NCCc1ccccc1. The molecule has 0 bridgehead atoms. The molecule has 0 atom stereocenters. The molecule has 0 saturated heterocycles. The molecule has 0 aliphatic heterocycles. The lowest BCUT2D eigenvalue weighted by molar-refractivity contribution is 0.0527. The number of aromatic nitrogens is 1. The minimum Gasteiger partial charge on any atom is -0.462 e. The zero-order chi connectivity index (χ0) is 18.5. The number of hydrogen-bond acceptors (Lipinski definition) is 4. The maximum atomic E-state index is 12.3. The highest BCUT2D eigenvalue weighted by Crippen LogP contribution is 2.34. The first kappa shape index (κ1) is 18.5. The summed E-state index contributed by atoms with van der Waals surface area (Å²) in [5.74, 6) is -0.421. The topological polar surface area (TPSA) is 51.2 Å². The molecule has 0 aliphatic carbocycles. The first-order valence-corrected chi connectivity index (χ1v) is 9.09. The molecule has 0 radical (unpaired) electrons. The van der Waals surface area contributed by atoms with Gasteiger partial charge in [0.15, 0.2) is 0 Å². The Hall–Kier alpha value is -2.30. The van der Waals surface area contributed by atoms with Gasteiger partial charge in [0.1, 0.15) is 5.56 Å². The van der Waals surface area contributed by atoms with Crippen LogP contribution in [0.2, 0.25) is 10.0 Å². The van der Waals surface area contributed by atoms with E-state index in [1.54, 1.807) is 13.0 Å². The number of carbonyl (C=O) groups excluding carboxylic acids is 1. The van der Waals surface area contributed by atoms with Crippen molar-refractivity contribution in [3.05, 3.63) is 69.8 Å². The number of halogens is 2. The fourth-order valence-corrected chi connectivity index (χ4v) is 3.10. The molecule has 3 aromatic rings. The number of esters is 1. The van der Waals surface area contributed by atoms with Crippen LogP contribution in [0, 0.1) is 0 Å². The molecular formula is C20H18Cl2N2O2. The number of carbonyl (C=O) groups is 1. The second-order valence-electron chi connectivity index (χ2n) is 5.69. The van der Waals surface area contributed by atoms with Crippen LogP contribution in [0.3, 0.4) is 0 Å². The first-order valence-electron chi connectivity index (χ1n) is 8.33. The summed E-state index contributed by atoms with van der Waals surface area (Å²) < 4.78 is 5.16. The normalized spacial score (nSPS) is 10.7. The molecule has 0 unspecified atom stereocenters. The van der Waals surface area contributed by atoms with Crippen molar-refractivity contribution in [2.24, 2.45) is 0 Å². The van der Waals surface area contributed by atoms with E-state index in [0.717, 1.165) is 11.8 Å². The van der Waals surface area contributed by atoms with Crippen LogP contribution in [0.15, 0.2) is 48.7 Å². The van der Waals surface area contributed by atoms with Crippen LogP contribution in [0.25, 0.3) is 10.9 Å². The van der Waals surface area contributed by atoms with Gasteiger partial charge in [0.2, 0.25) is 0 Å². The summed E-state index contributed by atoms with van der Waals surface area (Å²) in [5.41, 5.74) is 2.79. The lowest BCUT2D eigenvalue weighted by Gasteiger charge is -2.15. The average molecular weight is 389 g/mol. The van der Waals surface area contributed by atoms with Crippen LogP contribution >= 0.6 is 23.2 Å². The van der Waals surface area contributed by atoms with E-state index in [1.807, 2.05) is 24.3 Å². The van der Waals surface area contributed by atoms with E-state index < -0.39 is 5.97 Å². The summed E-state index contributed by atoms with van der Waals surface area (Å²) >= 11 is 12.4. The van der Waals surface area contributed by atoms with E-state index in [4.69, 9.17) is 27.9 Å². The third kappa shape index (κ3) is 3.92. The fourth-order valence-electron chi connectivity index (χ4n) is 2.74. The molecule has 2 aromatic carbocycles. The van der Waals surface area contributed by atoms with Crippen LogP contribution in [-0.4, -0.2) is 24.1 Å². The fraction of sp³-hybridized carbons (Fsp3) is 0.200. The zero-order valence-corrected chi connectivity index (χ0v) is 15.8. The van der Waals surface area contributed by atoms with E-state index in [9.17, 15) is 4.79 Å².